The molecule has 0 saturated heterocycles. The van der Waals surface area contributed by atoms with Crippen molar-refractivity contribution >= 4 is 28.2 Å². The van der Waals surface area contributed by atoms with Crippen LogP contribution in [0, 0.1) is 0 Å². The highest BCUT2D eigenvalue weighted by atomic mass is 32.1. The van der Waals surface area contributed by atoms with Gasteiger partial charge in [-0.2, -0.15) is 5.21 Å². The van der Waals surface area contributed by atoms with E-state index >= 15 is 0 Å². The summed E-state index contributed by atoms with van der Waals surface area (Å²) in [6, 6.07) is 0. The molecule has 0 saturated carbocycles. The second-order valence-electron chi connectivity index (χ2n) is 4.42. The number of tetrazole rings is 1. The minimum atomic E-state index is -0.927. The van der Waals surface area contributed by atoms with Crippen LogP contribution in [-0.4, -0.2) is 45.7 Å². The van der Waals surface area contributed by atoms with Crippen LogP contribution in [0.15, 0.2) is 0 Å². The molecule has 0 unspecified atom stereocenters. The zero-order valence-electron chi connectivity index (χ0n) is 11.7. The topological polar surface area (TPSA) is 119 Å². The number of carbonyl (C=O) groups excluding carboxylic acids is 2. The third-order valence-corrected chi connectivity index (χ3v) is 4.20. The summed E-state index contributed by atoms with van der Waals surface area (Å²) in [6.07, 6.45) is 0.685. The van der Waals surface area contributed by atoms with E-state index in [0.29, 0.717) is 36.0 Å². The summed E-state index contributed by atoms with van der Waals surface area (Å²) in [5.41, 5.74) is 1.69. The fourth-order valence-electron chi connectivity index (χ4n) is 2.18. The van der Waals surface area contributed by atoms with Crippen molar-refractivity contribution in [2.24, 2.45) is 0 Å². The van der Waals surface area contributed by atoms with Crippen LogP contribution in [0.5, 0.6) is 0 Å². The Kier molecular flexibility index (Phi) is 4.11. The molecule has 10 heteroatoms. The number of aromatic amines is 1. The predicted molar refractivity (Wildman–Crippen MR) is 76.1 cm³/mol. The van der Waals surface area contributed by atoms with E-state index in [0.717, 1.165) is 10.4 Å². The Morgan fingerprint density at radius 3 is 3.09 bits per heavy atom. The smallest absolute Gasteiger partial charge is 0.397 e. The zero-order valence-corrected chi connectivity index (χ0v) is 12.5. The van der Waals surface area contributed by atoms with E-state index in [1.807, 2.05) is 0 Å². The Morgan fingerprint density at radius 1 is 1.50 bits per heavy atom. The molecular formula is C12H13N5O4S. The molecule has 0 aliphatic carbocycles. The summed E-state index contributed by atoms with van der Waals surface area (Å²) in [5, 5.41) is 16.9. The van der Waals surface area contributed by atoms with Gasteiger partial charge in [-0.1, -0.05) is 0 Å². The highest BCUT2D eigenvalue weighted by Crippen LogP contribution is 2.41. The molecule has 0 aromatic carbocycles. The molecule has 1 aliphatic rings. The molecule has 22 heavy (non-hydrogen) atoms. The van der Waals surface area contributed by atoms with Gasteiger partial charge in [-0.15, -0.1) is 21.5 Å². The molecule has 0 spiro atoms. The average Bonchev–Trinajstić information content (AvgIpc) is 3.13. The maximum atomic E-state index is 11.9. The first kappa shape index (κ1) is 14.6. The molecule has 116 valence electrons. The van der Waals surface area contributed by atoms with E-state index in [2.05, 4.69) is 30.7 Å². The van der Waals surface area contributed by atoms with E-state index in [-0.39, 0.29) is 6.61 Å². The van der Waals surface area contributed by atoms with Gasteiger partial charge in [-0.05, 0) is 24.1 Å². The van der Waals surface area contributed by atoms with Gasteiger partial charge in [0, 0.05) is 4.88 Å². The van der Waals surface area contributed by atoms with Crippen LogP contribution in [0.4, 0.5) is 5.00 Å². The monoisotopic (exact) mass is 323 g/mol. The van der Waals surface area contributed by atoms with Crippen molar-refractivity contribution in [2.75, 3.05) is 18.5 Å². The normalized spacial score (nSPS) is 13.5. The standard InChI is InChI=1S/C12H13N5O4S/c1-2-21-12(19)10(18)13-11-8(9-14-16-17-15-9)6-3-4-20-5-7(6)22-11/h2-5H2,1H3,(H,13,18)(H,14,15,16,17). The number of hydrogen-bond acceptors (Lipinski definition) is 8. The maximum Gasteiger partial charge on any atom is 0.397 e. The number of nitrogens with zero attached hydrogens (tertiary/aromatic N) is 3. The van der Waals surface area contributed by atoms with E-state index in [4.69, 9.17) is 4.74 Å². The fraction of sp³-hybridized carbons (Fsp3) is 0.417. The van der Waals surface area contributed by atoms with Gasteiger partial charge in [0.15, 0.2) is 0 Å². The van der Waals surface area contributed by atoms with E-state index in [1.54, 1.807) is 6.92 Å². The first-order valence-electron chi connectivity index (χ1n) is 6.65. The summed E-state index contributed by atoms with van der Waals surface area (Å²) in [6.45, 7) is 2.82. The molecule has 2 N–H and O–H groups in total. The number of carbonyl (C=O) groups is 2. The number of aromatic nitrogens is 4. The summed E-state index contributed by atoms with van der Waals surface area (Å²) in [7, 11) is 0. The van der Waals surface area contributed by atoms with E-state index < -0.39 is 11.9 Å². The van der Waals surface area contributed by atoms with Gasteiger partial charge in [0.1, 0.15) is 5.00 Å². The Labute approximate surface area is 129 Å². The zero-order chi connectivity index (χ0) is 15.5. The third kappa shape index (κ3) is 2.70. The molecule has 3 heterocycles. The second kappa shape index (κ2) is 6.20. The summed E-state index contributed by atoms with van der Waals surface area (Å²) < 4.78 is 10.1. The van der Waals surface area contributed by atoms with Crippen LogP contribution in [0.1, 0.15) is 17.4 Å². The summed E-state index contributed by atoms with van der Waals surface area (Å²) in [4.78, 5) is 24.3. The molecule has 1 aliphatic heterocycles. The lowest BCUT2D eigenvalue weighted by molar-refractivity contribution is -0.152. The number of fused-ring (bicyclic) bond motifs is 1. The van der Waals surface area contributed by atoms with Crippen LogP contribution in [0.2, 0.25) is 0 Å². The third-order valence-electron chi connectivity index (χ3n) is 3.08. The van der Waals surface area contributed by atoms with Crippen LogP contribution < -0.4 is 5.32 Å². The first-order chi connectivity index (χ1) is 10.7. The lowest BCUT2D eigenvalue weighted by atomic mass is 10.1. The van der Waals surface area contributed by atoms with Gasteiger partial charge in [0.25, 0.3) is 0 Å². The Hall–Kier alpha value is -2.33. The number of amides is 1. The molecule has 9 nitrogen and oxygen atoms in total. The highest BCUT2D eigenvalue weighted by Gasteiger charge is 2.27. The molecule has 2 aromatic rings. The largest absolute Gasteiger partial charge is 0.459 e. The quantitative estimate of drug-likeness (QED) is 0.623. The van der Waals surface area contributed by atoms with Gasteiger partial charge < -0.3 is 14.8 Å². The van der Waals surface area contributed by atoms with Crippen LogP contribution in [-0.2, 0) is 32.1 Å². The maximum absolute atomic E-state index is 11.9. The first-order valence-corrected chi connectivity index (χ1v) is 7.46. The van der Waals surface area contributed by atoms with Crippen molar-refractivity contribution < 1.29 is 19.1 Å². The van der Waals surface area contributed by atoms with Crippen molar-refractivity contribution in [2.45, 2.75) is 20.0 Å². The summed E-state index contributed by atoms with van der Waals surface area (Å²) in [5.74, 6) is -1.38. The van der Waals surface area contributed by atoms with Crippen molar-refractivity contribution in [3.63, 3.8) is 0 Å². The molecule has 0 bridgehead atoms. The lowest BCUT2D eigenvalue weighted by Crippen LogP contribution is -2.24. The average molecular weight is 323 g/mol. The molecule has 2 aromatic heterocycles. The van der Waals surface area contributed by atoms with Gasteiger partial charge in [0.05, 0.1) is 25.4 Å². The molecular weight excluding hydrogens is 310 g/mol. The lowest BCUT2D eigenvalue weighted by Gasteiger charge is -2.12. The minimum Gasteiger partial charge on any atom is -0.459 e. The Morgan fingerprint density at radius 2 is 2.36 bits per heavy atom. The van der Waals surface area contributed by atoms with Crippen LogP contribution >= 0.6 is 11.3 Å². The predicted octanol–water partition coefficient (Wildman–Crippen LogP) is 0.502. The molecule has 1 amide bonds. The van der Waals surface area contributed by atoms with Crippen molar-refractivity contribution in [1.29, 1.82) is 0 Å². The number of nitrogens with one attached hydrogen (secondary N) is 2. The minimum absolute atomic E-state index is 0.138. The van der Waals surface area contributed by atoms with Crippen LogP contribution in [0.25, 0.3) is 11.4 Å². The number of hydrogen-bond donors (Lipinski definition) is 2. The fourth-order valence-corrected chi connectivity index (χ4v) is 3.35. The van der Waals surface area contributed by atoms with Crippen LogP contribution in [0.3, 0.4) is 0 Å². The van der Waals surface area contributed by atoms with Crippen molar-refractivity contribution in [3.8, 4) is 11.4 Å². The van der Waals surface area contributed by atoms with Gasteiger partial charge >= 0.3 is 11.9 Å². The van der Waals surface area contributed by atoms with E-state index in [1.165, 1.54) is 11.3 Å². The molecule has 0 radical (unpaired) electrons. The number of ether oxygens (including phenoxy) is 2. The van der Waals surface area contributed by atoms with E-state index in [9.17, 15) is 9.59 Å². The second-order valence-corrected chi connectivity index (χ2v) is 5.53. The number of rotatable bonds is 3. The number of H-pyrrole nitrogens is 1. The highest BCUT2D eigenvalue weighted by molar-refractivity contribution is 7.17. The SMILES string of the molecule is CCOC(=O)C(=O)Nc1sc2c(c1-c1nn[nH]n1)CCOC2. The van der Waals surface area contributed by atoms with Gasteiger partial charge in [-0.3, -0.25) is 4.79 Å². The van der Waals surface area contributed by atoms with Crippen molar-refractivity contribution in [3.05, 3.63) is 10.4 Å². The Balaban J connectivity index is 1.95. The van der Waals surface area contributed by atoms with Gasteiger partial charge in [-0.25, -0.2) is 4.79 Å². The summed E-state index contributed by atoms with van der Waals surface area (Å²) >= 11 is 1.34. The molecule has 0 fully saturated rings. The number of esters is 1. The number of anilines is 1. The molecule has 0 atom stereocenters. The Bertz CT molecular complexity index is 697. The van der Waals surface area contributed by atoms with Crippen molar-refractivity contribution in [1.82, 2.24) is 20.6 Å². The van der Waals surface area contributed by atoms with Gasteiger partial charge in [0.2, 0.25) is 5.82 Å². The molecule has 3 rings (SSSR count). The number of thiophene rings is 1.